The molecule has 3 aromatic rings. The summed E-state index contributed by atoms with van der Waals surface area (Å²) in [5.74, 6) is 2.10. The molecular weight excluding hydrogens is 390 g/mol. The Hall–Kier alpha value is -3.34. The van der Waals surface area contributed by atoms with E-state index in [-0.39, 0.29) is 6.61 Å². The number of carbonyl (C=O) groups is 1. The van der Waals surface area contributed by atoms with E-state index in [1.54, 1.807) is 6.92 Å². The van der Waals surface area contributed by atoms with Crippen LogP contribution in [0.5, 0.6) is 17.2 Å². The van der Waals surface area contributed by atoms with Gasteiger partial charge >= 0.3 is 6.16 Å². The maximum Gasteiger partial charge on any atom is 0.513 e. The van der Waals surface area contributed by atoms with Crippen molar-refractivity contribution in [3.05, 3.63) is 71.0 Å². The van der Waals surface area contributed by atoms with Crippen molar-refractivity contribution in [3.63, 3.8) is 0 Å². The zero-order valence-electron chi connectivity index (χ0n) is 18.2. The van der Waals surface area contributed by atoms with E-state index in [1.807, 2.05) is 62.4 Å². The molecule has 160 valence electrons. The number of nitrogens with zero attached hydrogens (tertiary/aromatic N) is 1. The van der Waals surface area contributed by atoms with Crippen LogP contribution in [0.4, 0.5) is 4.79 Å². The number of hydrogen-bond acceptors (Lipinski definition) is 5. The van der Waals surface area contributed by atoms with E-state index < -0.39 is 6.16 Å². The molecule has 1 aliphatic rings. The third-order valence-electron chi connectivity index (χ3n) is 5.45. The molecule has 0 amide bonds. The second-order valence-electron chi connectivity index (χ2n) is 7.76. The van der Waals surface area contributed by atoms with Crippen LogP contribution in [-0.2, 0) is 17.6 Å². The molecule has 0 aliphatic heterocycles. The molecule has 0 unspecified atom stereocenters. The highest BCUT2D eigenvalue weighted by molar-refractivity contribution is 5.79. The first-order valence-corrected chi connectivity index (χ1v) is 10.8. The number of pyridine rings is 1. The Morgan fingerprint density at radius 1 is 0.935 bits per heavy atom. The van der Waals surface area contributed by atoms with E-state index in [9.17, 15) is 4.79 Å². The summed E-state index contributed by atoms with van der Waals surface area (Å²) in [5, 5.41) is 0. The molecule has 5 heteroatoms. The van der Waals surface area contributed by atoms with Crippen molar-refractivity contribution in [1.82, 2.24) is 4.98 Å². The van der Waals surface area contributed by atoms with Gasteiger partial charge in [0, 0.05) is 22.5 Å². The normalized spacial score (nSPS) is 12.7. The first-order chi connectivity index (χ1) is 15.0. The molecule has 1 heterocycles. The average molecular weight is 418 g/mol. The number of aryl methyl sites for hydroxylation is 3. The molecule has 0 spiro atoms. The Bertz CT molecular complexity index is 1070. The molecule has 1 aromatic heterocycles. The van der Waals surface area contributed by atoms with Crippen LogP contribution in [0.3, 0.4) is 0 Å². The van der Waals surface area contributed by atoms with Gasteiger partial charge in [-0.2, -0.15) is 0 Å². The predicted octanol–water partition coefficient (Wildman–Crippen LogP) is 6.57. The summed E-state index contributed by atoms with van der Waals surface area (Å²) in [6, 6.07) is 15.7. The van der Waals surface area contributed by atoms with Gasteiger partial charge in [0.1, 0.15) is 17.2 Å². The maximum atomic E-state index is 12.2. The molecule has 31 heavy (non-hydrogen) atoms. The maximum absolute atomic E-state index is 12.2. The quantitative estimate of drug-likeness (QED) is 0.439. The van der Waals surface area contributed by atoms with Crippen LogP contribution in [0.2, 0.25) is 0 Å². The largest absolute Gasteiger partial charge is 0.513 e. The smallest absolute Gasteiger partial charge is 0.457 e. The zero-order chi connectivity index (χ0) is 21.8. The highest BCUT2D eigenvalue weighted by atomic mass is 16.7. The molecular formula is C26H27NO4. The van der Waals surface area contributed by atoms with Crippen molar-refractivity contribution in [2.75, 3.05) is 6.61 Å². The van der Waals surface area contributed by atoms with E-state index in [0.29, 0.717) is 5.75 Å². The van der Waals surface area contributed by atoms with Crippen LogP contribution < -0.4 is 9.47 Å². The van der Waals surface area contributed by atoms with Gasteiger partial charge in [0.15, 0.2) is 0 Å². The molecule has 0 fully saturated rings. The van der Waals surface area contributed by atoms with Gasteiger partial charge in [0.05, 0.1) is 6.61 Å². The van der Waals surface area contributed by atoms with E-state index in [4.69, 9.17) is 19.2 Å². The highest BCUT2D eigenvalue weighted by Crippen LogP contribution is 2.40. The third-order valence-corrected chi connectivity index (χ3v) is 5.45. The number of carbonyl (C=O) groups excluding carboxylic acids is 1. The van der Waals surface area contributed by atoms with Crippen LogP contribution in [0.1, 0.15) is 42.3 Å². The molecule has 0 atom stereocenters. The van der Waals surface area contributed by atoms with Gasteiger partial charge in [-0.05, 0) is 76.3 Å². The molecule has 0 N–H and O–H groups in total. The molecule has 1 aliphatic carbocycles. The van der Waals surface area contributed by atoms with Crippen molar-refractivity contribution in [2.24, 2.45) is 0 Å². The zero-order valence-corrected chi connectivity index (χ0v) is 18.2. The standard InChI is InChI=1S/C26H27NO4/c1-4-29-26(28)31-25-22-7-5-6-8-23(22)27-18(3)24(25)19-11-15-21(16-12-19)30-20-13-9-17(2)10-14-20/h9-16H,4-8H2,1-3H3. The lowest BCUT2D eigenvalue weighted by Gasteiger charge is -2.22. The van der Waals surface area contributed by atoms with Gasteiger partial charge < -0.3 is 14.2 Å². The number of benzene rings is 2. The number of rotatable bonds is 5. The number of aromatic nitrogens is 1. The monoisotopic (exact) mass is 417 g/mol. The Morgan fingerprint density at radius 2 is 1.58 bits per heavy atom. The molecule has 0 saturated heterocycles. The summed E-state index contributed by atoms with van der Waals surface area (Å²) in [6.07, 6.45) is 3.22. The van der Waals surface area contributed by atoms with Gasteiger partial charge in [0.25, 0.3) is 0 Å². The lowest BCUT2D eigenvalue weighted by molar-refractivity contribution is 0.104. The van der Waals surface area contributed by atoms with Crippen molar-refractivity contribution in [1.29, 1.82) is 0 Å². The van der Waals surface area contributed by atoms with E-state index >= 15 is 0 Å². The highest BCUT2D eigenvalue weighted by Gasteiger charge is 2.24. The molecule has 0 bridgehead atoms. The van der Waals surface area contributed by atoms with E-state index in [1.165, 1.54) is 5.56 Å². The summed E-state index contributed by atoms with van der Waals surface area (Å²) in [7, 11) is 0. The lowest BCUT2D eigenvalue weighted by Crippen LogP contribution is -2.16. The van der Waals surface area contributed by atoms with Crippen molar-refractivity contribution < 1.29 is 19.0 Å². The molecule has 5 nitrogen and oxygen atoms in total. The number of fused-ring (bicyclic) bond motifs is 1. The van der Waals surface area contributed by atoms with E-state index in [0.717, 1.165) is 65.3 Å². The minimum Gasteiger partial charge on any atom is -0.457 e. The second kappa shape index (κ2) is 9.21. The van der Waals surface area contributed by atoms with Crippen LogP contribution in [0.25, 0.3) is 11.1 Å². The summed E-state index contributed by atoms with van der Waals surface area (Å²) >= 11 is 0. The summed E-state index contributed by atoms with van der Waals surface area (Å²) in [4.78, 5) is 17.0. The van der Waals surface area contributed by atoms with Crippen molar-refractivity contribution in [3.8, 4) is 28.4 Å². The molecule has 0 radical (unpaired) electrons. The summed E-state index contributed by atoms with van der Waals surface area (Å²) in [5.41, 5.74) is 5.81. The molecule has 2 aromatic carbocycles. The fourth-order valence-electron chi connectivity index (χ4n) is 3.95. The number of hydrogen-bond donors (Lipinski definition) is 0. The van der Waals surface area contributed by atoms with Gasteiger partial charge in [-0.15, -0.1) is 0 Å². The summed E-state index contributed by atoms with van der Waals surface area (Å²) in [6.45, 7) is 6.04. The Labute approximate surface area is 183 Å². The fraction of sp³-hybridized carbons (Fsp3) is 0.308. The second-order valence-corrected chi connectivity index (χ2v) is 7.76. The predicted molar refractivity (Wildman–Crippen MR) is 120 cm³/mol. The van der Waals surface area contributed by atoms with Crippen molar-refractivity contribution >= 4 is 6.16 Å². The minimum absolute atomic E-state index is 0.269. The fourth-order valence-corrected chi connectivity index (χ4v) is 3.95. The number of ether oxygens (including phenoxy) is 3. The topological polar surface area (TPSA) is 57.7 Å². The first kappa shape index (κ1) is 20.9. The van der Waals surface area contributed by atoms with Gasteiger partial charge in [-0.25, -0.2) is 4.79 Å². The molecule has 0 saturated carbocycles. The van der Waals surface area contributed by atoms with Gasteiger partial charge in [0.2, 0.25) is 0 Å². The van der Waals surface area contributed by atoms with Crippen LogP contribution >= 0.6 is 0 Å². The SMILES string of the molecule is CCOC(=O)Oc1c2c(nc(C)c1-c1ccc(Oc3ccc(C)cc3)cc1)CCCC2. The van der Waals surface area contributed by atoms with E-state index in [2.05, 4.69) is 0 Å². The molecule has 4 rings (SSSR count). The Morgan fingerprint density at radius 3 is 2.26 bits per heavy atom. The van der Waals surface area contributed by atoms with Gasteiger partial charge in [-0.3, -0.25) is 4.98 Å². The third kappa shape index (κ3) is 4.71. The van der Waals surface area contributed by atoms with Crippen LogP contribution in [0.15, 0.2) is 48.5 Å². The summed E-state index contributed by atoms with van der Waals surface area (Å²) < 4.78 is 16.7. The Kier molecular flexibility index (Phi) is 6.21. The van der Waals surface area contributed by atoms with Crippen molar-refractivity contribution in [2.45, 2.75) is 46.5 Å². The Balaban J connectivity index is 1.69. The minimum atomic E-state index is -0.679. The van der Waals surface area contributed by atoms with Gasteiger partial charge in [-0.1, -0.05) is 29.8 Å². The van der Waals surface area contributed by atoms with Crippen LogP contribution in [0, 0.1) is 13.8 Å². The average Bonchev–Trinajstić information content (AvgIpc) is 2.76. The van der Waals surface area contributed by atoms with Crippen LogP contribution in [-0.4, -0.2) is 17.7 Å². The lowest BCUT2D eigenvalue weighted by atomic mass is 9.91. The first-order valence-electron chi connectivity index (χ1n) is 10.8.